The Morgan fingerprint density at radius 3 is 2.24 bits per heavy atom. The molecule has 0 fully saturated rings. The van der Waals surface area contributed by atoms with E-state index in [-0.39, 0.29) is 17.7 Å². The second kappa shape index (κ2) is 11.9. The van der Waals surface area contributed by atoms with Gasteiger partial charge in [0.05, 0.1) is 12.2 Å². The van der Waals surface area contributed by atoms with Gasteiger partial charge in [-0.2, -0.15) is 0 Å². The van der Waals surface area contributed by atoms with Crippen molar-refractivity contribution in [2.75, 3.05) is 20.8 Å². The Kier molecular flexibility index (Phi) is 8.65. The first-order valence-corrected chi connectivity index (χ1v) is 13.2. The molecule has 0 N–H and O–H groups in total. The van der Waals surface area contributed by atoms with E-state index in [1.165, 1.54) is 27.8 Å². The average Bonchev–Trinajstić information content (AvgIpc) is 2.92. The summed E-state index contributed by atoms with van der Waals surface area (Å²) in [5.74, 6) is -0.316. The number of esters is 1. The van der Waals surface area contributed by atoms with E-state index in [0.29, 0.717) is 18.6 Å². The van der Waals surface area contributed by atoms with Gasteiger partial charge in [0.15, 0.2) is 6.29 Å². The lowest BCUT2D eigenvalue weighted by Gasteiger charge is -2.32. The number of hydrogen-bond acceptors (Lipinski definition) is 4. The lowest BCUT2D eigenvalue weighted by Crippen LogP contribution is -2.22. The molecule has 4 rings (SSSR count). The monoisotopic (exact) mass is 510 g/mol. The maximum absolute atomic E-state index is 12.2. The van der Waals surface area contributed by atoms with E-state index in [4.69, 9.17) is 14.2 Å². The second-order valence-electron chi connectivity index (χ2n) is 10.4. The number of rotatable bonds is 9. The van der Waals surface area contributed by atoms with Gasteiger partial charge in [-0.3, -0.25) is 0 Å². The van der Waals surface area contributed by atoms with Crippen LogP contribution in [0, 0.1) is 6.92 Å². The zero-order valence-electron chi connectivity index (χ0n) is 23.3. The smallest absolute Gasteiger partial charge is 0.338 e. The van der Waals surface area contributed by atoms with Crippen molar-refractivity contribution >= 4 is 23.2 Å². The first kappa shape index (κ1) is 27.6. The predicted octanol–water partition coefficient (Wildman–Crippen LogP) is 7.83. The highest BCUT2D eigenvalue weighted by molar-refractivity contribution is 5.91. The molecule has 198 valence electrons. The molecule has 4 nitrogen and oxygen atoms in total. The summed E-state index contributed by atoms with van der Waals surface area (Å²) in [6, 6.07) is 23.1. The van der Waals surface area contributed by atoms with E-state index in [1.54, 1.807) is 14.2 Å². The van der Waals surface area contributed by atoms with Gasteiger partial charge in [0.25, 0.3) is 0 Å². The van der Waals surface area contributed by atoms with Crippen LogP contribution in [0.1, 0.15) is 77.4 Å². The number of allylic oxidation sites excluding steroid dienone is 1. The summed E-state index contributed by atoms with van der Waals surface area (Å²) < 4.78 is 16.2. The minimum Gasteiger partial charge on any atom is -0.462 e. The third kappa shape index (κ3) is 6.15. The summed E-state index contributed by atoms with van der Waals surface area (Å²) in [5.41, 5.74) is 10.2. The number of aryl methyl sites for hydroxylation is 1. The number of ether oxygens (including phenoxy) is 3. The molecule has 3 aromatic rings. The molecular formula is C34H38O4. The van der Waals surface area contributed by atoms with Gasteiger partial charge in [-0.1, -0.05) is 80.1 Å². The van der Waals surface area contributed by atoms with Crippen LogP contribution >= 0.6 is 0 Å². The zero-order valence-corrected chi connectivity index (χ0v) is 23.3. The summed E-state index contributed by atoms with van der Waals surface area (Å²) in [6.07, 6.45) is 5.75. The lowest BCUT2D eigenvalue weighted by molar-refractivity contribution is -0.0970. The fourth-order valence-corrected chi connectivity index (χ4v) is 4.99. The van der Waals surface area contributed by atoms with E-state index in [9.17, 15) is 4.79 Å². The van der Waals surface area contributed by atoms with Gasteiger partial charge in [0.2, 0.25) is 0 Å². The minimum absolute atomic E-state index is 0.0642. The molecule has 1 aliphatic carbocycles. The molecule has 0 atom stereocenters. The number of fused-ring (bicyclic) bond motifs is 1. The SMILES string of the molecule is CCOC(=O)c1ccc(/C(=C/c2ccc3c(c2)C(c2ccc(C)cc2)=CCC3(C)C)CC(OC)OC)cc1. The van der Waals surface area contributed by atoms with Crippen molar-refractivity contribution < 1.29 is 19.0 Å². The van der Waals surface area contributed by atoms with Crippen LogP contribution in [0.4, 0.5) is 0 Å². The largest absolute Gasteiger partial charge is 0.462 e. The molecule has 0 aromatic heterocycles. The van der Waals surface area contributed by atoms with Crippen LogP contribution in [0.5, 0.6) is 0 Å². The molecule has 1 aliphatic rings. The van der Waals surface area contributed by atoms with Crippen molar-refractivity contribution in [2.45, 2.75) is 52.2 Å². The molecule has 38 heavy (non-hydrogen) atoms. The van der Waals surface area contributed by atoms with Gasteiger partial charge >= 0.3 is 5.97 Å². The summed E-state index contributed by atoms with van der Waals surface area (Å²) in [7, 11) is 3.30. The zero-order chi connectivity index (χ0) is 27.3. The highest BCUT2D eigenvalue weighted by atomic mass is 16.7. The van der Waals surface area contributed by atoms with Crippen LogP contribution < -0.4 is 0 Å². The Hall–Kier alpha value is -3.47. The molecule has 0 saturated carbocycles. The molecule has 3 aromatic carbocycles. The maximum atomic E-state index is 12.2. The molecule has 0 heterocycles. The normalized spacial score (nSPS) is 14.7. The number of carbonyl (C=O) groups excluding carboxylic acids is 1. The van der Waals surface area contributed by atoms with E-state index in [1.807, 2.05) is 31.2 Å². The molecule has 0 aliphatic heterocycles. The predicted molar refractivity (Wildman–Crippen MR) is 155 cm³/mol. The Balaban J connectivity index is 1.77. The highest BCUT2D eigenvalue weighted by Gasteiger charge is 2.28. The van der Waals surface area contributed by atoms with Crippen molar-refractivity contribution in [1.29, 1.82) is 0 Å². The molecule has 0 amide bonds. The molecular weight excluding hydrogens is 472 g/mol. The average molecular weight is 511 g/mol. The Morgan fingerprint density at radius 1 is 0.947 bits per heavy atom. The van der Waals surface area contributed by atoms with Crippen molar-refractivity contribution in [1.82, 2.24) is 0 Å². The van der Waals surface area contributed by atoms with Crippen LogP contribution in [-0.2, 0) is 19.6 Å². The number of benzene rings is 3. The molecule has 0 unspecified atom stereocenters. The molecule has 0 saturated heterocycles. The van der Waals surface area contributed by atoms with Gasteiger partial charge in [-0.25, -0.2) is 4.79 Å². The second-order valence-corrected chi connectivity index (χ2v) is 10.4. The first-order valence-electron chi connectivity index (χ1n) is 13.2. The molecule has 0 spiro atoms. The third-order valence-corrected chi connectivity index (χ3v) is 7.26. The summed E-state index contributed by atoms with van der Waals surface area (Å²) in [4.78, 5) is 12.2. The van der Waals surface area contributed by atoms with Gasteiger partial charge in [0.1, 0.15) is 0 Å². The van der Waals surface area contributed by atoms with E-state index < -0.39 is 0 Å². The lowest BCUT2D eigenvalue weighted by atomic mass is 9.72. The van der Waals surface area contributed by atoms with Gasteiger partial charge in [0, 0.05) is 20.6 Å². The summed E-state index contributed by atoms with van der Waals surface area (Å²) in [6.45, 7) is 8.89. The first-order chi connectivity index (χ1) is 18.2. The van der Waals surface area contributed by atoms with E-state index in [2.05, 4.69) is 75.4 Å². The third-order valence-electron chi connectivity index (χ3n) is 7.26. The van der Waals surface area contributed by atoms with Crippen LogP contribution in [-0.4, -0.2) is 33.1 Å². The molecule has 0 radical (unpaired) electrons. The minimum atomic E-state index is -0.384. The Labute approximate surface area is 227 Å². The van der Waals surface area contributed by atoms with Crippen molar-refractivity contribution in [2.24, 2.45) is 0 Å². The number of hydrogen-bond donors (Lipinski definition) is 0. The van der Waals surface area contributed by atoms with Crippen LogP contribution in [0.3, 0.4) is 0 Å². The van der Waals surface area contributed by atoms with Gasteiger partial charge in [-0.05, 0) is 82.8 Å². The van der Waals surface area contributed by atoms with Crippen LogP contribution in [0.2, 0.25) is 0 Å². The quantitative estimate of drug-likeness (QED) is 0.167. The Morgan fingerprint density at radius 2 is 1.61 bits per heavy atom. The summed E-state index contributed by atoms with van der Waals surface area (Å²) >= 11 is 0. The van der Waals surface area contributed by atoms with Crippen molar-refractivity contribution in [3.8, 4) is 0 Å². The standard InChI is InChI=1S/C34H38O4/c1-7-38-33(35)27-15-13-25(14-16-27)28(22-32(36-5)37-6)20-24-10-17-31-30(21-24)29(18-19-34(31,3)4)26-11-8-23(2)9-12-26/h8-18,20-21,32H,7,19,22H2,1-6H3/b28-20+. The van der Waals surface area contributed by atoms with Gasteiger partial charge in [-0.15, -0.1) is 0 Å². The maximum Gasteiger partial charge on any atom is 0.338 e. The highest BCUT2D eigenvalue weighted by Crippen LogP contribution is 2.42. The van der Waals surface area contributed by atoms with Crippen LogP contribution in [0.15, 0.2) is 72.8 Å². The summed E-state index contributed by atoms with van der Waals surface area (Å²) in [5, 5.41) is 0. The molecule has 4 heteroatoms. The fourth-order valence-electron chi connectivity index (χ4n) is 4.99. The van der Waals surface area contributed by atoms with E-state index >= 15 is 0 Å². The van der Waals surface area contributed by atoms with Gasteiger partial charge < -0.3 is 14.2 Å². The molecule has 0 bridgehead atoms. The van der Waals surface area contributed by atoms with Crippen LogP contribution in [0.25, 0.3) is 17.2 Å². The van der Waals surface area contributed by atoms with E-state index in [0.717, 1.165) is 23.1 Å². The fraction of sp³-hybridized carbons (Fsp3) is 0.324. The number of methoxy groups -OCH3 is 2. The topological polar surface area (TPSA) is 44.8 Å². The van der Waals surface area contributed by atoms with Crippen molar-refractivity contribution in [3.05, 3.63) is 112 Å². The Bertz CT molecular complexity index is 1320. The van der Waals surface area contributed by atoms with Crippen molar-refractivity contribution in [3.63, 3.8) is 0 Å². The number of carbonyl (C=O) groups is 1.